The second kappa shape index (κ2) is 22.6. The van der Waals surface area contributed by atoms with Crippen LogP contribution in [0.5, 0.6) is 0 Å². The van der Waals surface area contributed by atoms with Crippen LogP contribution in [-0.2, 0) is 0 Å². The Bertz CT molecular complexity index is 5850. The average Bonchev–Trinajstić information content (AvgIpc) is 0.990. The van der Waals surface area contributed by atoms with E-state index in [-0.39, 0.29) is 0 Å². The van der Waals surface area contributed by atoms with Gasteiger partial charge in [0.25, 0.3) is 0 Å². The largest absolute Gasteiger partial charge is 0.254 e. The summed E-state index contributed by atoms with van der Waals surface area (Å²) in [7, 11) is 0. The van der Waals surface area contributed by atoms with Crippen LogP contribution in [0, 0.1) is 0 Å². The Morgan fingerprint density at radius 1 is 0.207 bits per heavy atom. The number of hydrogen-bond acceptors (Lipinski definition) is 14. The molecule has 92 heavy (non-hydrogen) atoms. The van der Waals surface area contributed by atoms with E-state index in [0.29, 0.717) is 11.6 Å². The third kappa shape index (κ3) is 10.1. The molecule has 14 heteroatoms. The fraction of sp³-hybridized carbons (Fsp3) is 0. The van der Waals surface area contributed by atoms with Crippen molar-refractivity contribution < 1.29 is 0 Å². The predicted molar refractivity (Wildman–Crippen MR) is 366 cm³/mol. The van der Waals surface area contributed by atoms with E-state index in [0.717, 1.165) is 166 Å². The molecule has 0 amide bonds. The van der Waals surface area contributed by atoms with Crippen LogP contribution < -0.4 is 0 Å². The van der Waals surface area contributed by atoms with Gasteiger partial charge in [-0.2, -0.15) is 0 Å². The van der Waals surface area contributed by atoms with Crippen LogP contribution in [0.4, 0.5) is 0 Å². The monoisotopic (exact) mass is 1180 g/mol. The highest BCUT2D eigenvalue weighted by atomic mass is 15.0. The fourth-order valence-corrected chi connectivity index (χ4v) is 12.1. The number of nitrogens with zero attached hydrogens (tertiary/aromatic N) is 14. The lowest BCUT2D eigenvalue weighted by molar-refractivity contribution is 1.04. The van der Waals surface area contributed by atoms with Gasteiger partial charge in [0.15, 0.2) is 11.6 Å². The van der Waals surface area contributed by atoms with Crippen molar-refractivity contribution in [3.8, 4) is 90.2 Å². The molecule has 0 aliphatic rings. The topological polar surface area (TPSA) is 180 Å². The molecule has 0 aliphatic heterocycles. The zero-order valence-electron chi connectivity index (χ0n) is 48.8. The molecule has 8 aromatic carbocycles. The summed E-state index contributed by atoms with van der Waals surface area (Å²) in [5.74, 6) is 1.12. The molecule has 18 aromatic rings. The molecule has 0 unspecified atom stereocenters. The van der Waals surface area contributed by atoms with Crippen molar-refractivity contribution >= 4 is 87.2 Å². The summed E-state index contributed by atoms with van der Waals surface area (Å²) in [6.07, 6.45) is 11.4. The molecule has 18 rings (SSSR count). The van der Waals surface area contributed by atoms with Crippen LogP contribution in [0.1, 0.15) is 0 Å². The van der Waals surface area contributed by atoms with E-state index in [4.69, 9.17) is 24.9 Å². The summed E-state index contributed by atoms with van der Waals surface area (Å²) in [6.45, 7) is 0. The normalized spacial score (nSPS) is 11.5. The van der Waals surface area contributed by atoms with Crippen molar-refractivity contribution in [3.05, 3.63) is 280 Å². The second-order valence-electron chi connectivity index (χ2n) is 22.3. The van der Waals surface area contributed by atoms with Gasteiger partial charge in [-0.25, -0.2) is 54.8 Å². The maximum atomic E-state index is 5.01. The Morgan fingerprint density at radius 3 is 1.00 bits per heavy atom. The van der Waals surface area contributed by atoms with Gasteiger partial charge in [0.2, 0.25) is 0 Å². The fourth-order valence-electron chi connectivity index (χ4n) is 12.1. The molecule has 0 atom stereocenters. The van der Waals surface area contributed by atoms with Gasteiger partial charge in [-0.1, -0.05) is 140 Å². The molecule has 0 saturated heterocycles. The summed E-state index contributed by atoms with van der Waals surface area (Å²) >= 11 is 0. The molecule has 10 heterocycles. The van der Waals surface area contributed by atoms with Crippen molar-refractivity contribution in [2.45, 2.75) is 0 Å². The Labute approximate surface area is 524 Å². The highest BCUT2D eigenvalue weighted by Crippen LogP contribution is 2.36. The molecule has 0 aliphatic carbocycles. The highest BCUT2D eigenvalue weighted by Gasteiger charge is 2.14. The third-order valence-electron chi connectivity index (χ3n) is 16.8. The van der Waals surface area contributed by atoms with E-state index < -0.39 is 0 Å². The van der Waals surface area contributed by atoms with Gasteiger partial charge in [-0.3, -0.25) is 15.0 Å². The Kier molecular flexibility index (Phi) is 13.1. The van der Waals surface area contributed by atoms with Crippen molar-refractivity contribution in [2.75, 3.05) is 0 Å². The standard InChI is InChI=1S/2C39H23N7/c1-2-26-7-12-32-31(17-19-42-38(32)37(26)41-18-1)24-3-5-25(6-4-24)33-15-10-29-20-27(8-13-34(29)45-33)28-9-14-35-30(21-28)11-16-36(46-35)39-43-22-40-23-44-39;1-2-26-7-8-27-9-14-33(46-38(27)37(26)41-19-1)25-5-3-24(4-6-25)32-17-12-30-20-28(10-15-34(30)44-32)29-11-16-35-31(21-29)13-18-36(45-35)39-42-22-40-23-43-39/h2*1-23H. The molecule has 0 spiro atoms. The van der Waals surface area contributed by atoms with Gasteiger partial charge in [0.1, 0.15) is 36.7 Å². The van der Waals surface area contributed by atoms with Crippen LogP contribution in [0.2, 0.25) is 0 Å². The van der Waals surface area contributed by atoms with Gasteiger partial charge >= 0.3 is 0 Å². The first-order valence-corrected chi connectivity index (χ1v) is 29.9. The van der Waals surface area contributed by atoms with Gasteiger partial charge < -0.3 is 0 Å². The molecule has 0 bridgehead atoms. The number of benzene rings is 8. The molecule has 0 fully saturated rings. The summed E-state index contributed by atoms with van der Waals surface area (Å²) in [5, 5.41) is 8.63. The molecular formula is C78H46N14. The number of aromatic nitrogens is 14. The zero-order valence-corrected chi connectivity index (χ0v) is 48.8. The van der Waals surface area contributed by atoms with E-state index in [1.165, 1.54) is 25.3 Å². The van der Waals surface area contributed by atoms with E-state index in [1.54, 1.807) is 0 Å². The van der Waals surface area contributed by atoms with E-state index in [1.807, 2.05) is 55.0 Å². The SMILES string of the molecule is c1cnc2c(c1)ccc1c(-c3ccc(-c4ccc5cc(-c6ccc7nc(-c8ncncn8)ccc7c6)ccc5n4)cc3)ccnc12.c1cnc2c(c1)ccc1ccc(-c3ccc(-c4ccc5cc(-c6ccc7nc(-c8ncncn8)ccc7c6)ccc5n4)cc3)nc12. The van der Waals surface area contributed by atoms with Crippen molar-refractivity contribution in [3.63, 3.8) is 0 Å². The Morgan fingerprint density at radius 2 is 0.543 bits per heavy atom. The molecule has 0 saturated carbocycles. The highest BCUT2D eigenvalue weighted by molar-refractivity contribution is 6.08. The second-order valence-corrected chi connectivity index (χ2v) is 22.3. The first-order valence-electron chi connectivity index (χ1n) is 29.9. The first-order chi connectivity index (χ1) is 45.5. The van der Waals surface area contributed by atoms with E-state index in [2.05, 4.69) is 245 Å². The van der Waals surface area contributed by atoms with Crippen LogP contribution in [0.15, 0.2) is 280 Å². The molecule has 14 nitrogen and oxygen atoms in total. The minimum absolute atomic E-state index is 0.562. The number of hydrogen-bond donors (Lipinski definition) is 0. The third-order valence-corrected chi connectivity index (χ3v) is 16.8. The zero-order chi connectivity index (χ0) is 60.9. The maximum absolute atomic E-state index is 5.01. The van der Waals surface area contributed by atoms with Gasteiger partial charge in [0, 0.05) is 78.4 Å². The Hall–Kier alpha value is -12.9. The summed E-state index contributed by atoms with van der Waals surface area (Å²) < 4.78 is 0. The minimum Gasteiger partial charge on any atom is -0.254 e. The van der Waals surface area contributed by atoms with Crippen LogP contribution >= 0.6 is 0 Å². The van der Waals surface area contributed by atoms with Gasteiger partial charge in [0.05, 0.1) is 61.2 Å². The summed E-state index contributed by atoms with van der Waals surface area (Å²) in [4.78, 5) is 63.0. The average molecular weight is 1180 g/mol. The van der Waals surface area contributed by atoms with Crippen LogP contribution in [0.25, 0.3) is 177 Å². The van der Waals surface area contributed by atoms with Crippen LogP contribution in [0.3, 0.4) is 0 Å². The lowest BCUT2D eigenvalue weighted by Gasteiger charge is -2.10. The smallest absolute Gasteiger partial charge is 0.181 e. The Balaban J connectivity index is 0.000000141. The van der Waals surface area contributed by atoms with Crippen molar-refractivity contribution in [1.82, 2.24) is 69.8 Å². The lowest BCUT2D eigenvalue weighted by Crippen LogP contribution is -1.92. The number of pyridine rings is 8. The molecule has 0 N–H and O–H groups in total. The lowest BCUT2D eigenvalue weighted by atomic mass is 9.98. The van der Waals surface area contributed by atoms with Crippen molar-refractivity contribution in [1.29, 1.82) is 0 Å². The number of rotatable bonds is 8. The van der Waals surface area contributed by atoms with E-state index in [9.17, 15) is 0 Å². The summed E-state index contributed by atoms with van der Waals surface area (Å²) in [6, 6.07) is 81.6. The van der Waals surface area contributed by atoms with Gasteiger partial charge in [-0.15, -0.1) is 0 Å². The first kappa shape index (κ1) is 53.3. The molecular weight excluding hydrogens is 1130 g/mol. The maximum Gasteiger partial charge on any atom is 0.181 e. The quantitative estimate of drug-likeness (QED) is 0.131. The van der Waals surface area contributed by atoms with E-state index >= 15 is 0 Å². The molecule has 428 valence electrons. The molecule has 10 aromatic heterocycles. The van der Waals surface area contributed by atoms with Gasteiger partial charge in [-0.05, 0) is 130 Å². The van der Waals surface area contributed by atoms with Crippen LogP contribution in [-0.4, -0.2) is 69.8 Å². The van der Waals surface area contributed by atoms with Crippen molar-refractivity contribution in [2.24, 2.45) is 0 Å². The predicted octanol–water partition coefficient (Wildman–Crippen LogP) is 17.5. The molecule has 0 radical (unpaired) electrons. The minimum atomic E-state index is 0.562. The summed E-state index contributed by atoms with van der Waals surface area (Å²) in [5.41, 5.74) is 21.5. The number of fused-ring (bicyclic) bond motifs is 10.